The molecule has 3 aromatic rings. The van der Waals surface area contributed by atoms with E-state index in [4.69, 9.17) is 10.5 Å². The van der Waals surface area contributed by atoms with Crippen LogP contribution < -0.4 is 5.73 Å². The first kappa shape index (κ1) is 12.5. The van der Waals surface area contributed by atoms with Crippen LogP contribution in [0.2, 0.25) is 0 Å². The number of benzene rings is 1. The maximum absolute atomic E-state index is 6.11. The maximum atomic E-state index is 6.11. The molecule has 1 atom stereocenters. The maximum Gasteiger partial charge on any atom is 0.0728 e. The number of nitrogens with two attached hydrogens (primary N) is 1. The van der Waals surface area contributed by atoms with Gasteiger partial charge in [0.1, 0.15) is 0 Å². The second-order valence-electron chi connectivity index (χ2n) is 5.42. The second-order valence-corrected chi connectivity index (χ2v) is 5.42. The van der Waals surface area contributed by atoms with E-state index in [9.17, 15) is 0 Å². The van der Waals surface area contributed by atoms with E-state index in [1.807, 2.05) is 30.3 Å². The molecule has 3 heterocycles. The minimum Gasteiger partial charge on any atom is -0.375 e. The van der Waals surface area contributed by atoms with Crippen molar-refractivity contribution >= 4 is 10.9 Å². The fourth-order valence-electron chi connectivity index (χ4n) is 2.92. The molecule has 5 heteroatoms. The topological polar surface area (TPSA) is 66.0 Å². The SMILES string of the molecule is Cn1ncc2ccc(-c3cncc4c3COCC4N)cc21. The minimum absolute atomic E-state index is 0.0957. The smallest absolute Gasteiger partial charge is 0.0728 e. The lowest BCUT2D eigenvalue weighted by Gasteiger charge is -2.24. The molecule has 0 amide bonds. The summed E-state index contributed by atoms with van der Waals surface area (Å²) in [7, 11) is 1.95. The Bertz CT molecular complexity index is 824. The number of hydrogen-bond donors (Lipinski definition) is 1. The zero-order valence-corrected chi connectivity index (χ0v) is 11.8. The molecule has 0 saturated carbocycles. The Hall–Kier alpha value is -2.24. The lowest BCUT2D eigenvalue weighted by Crippen LogP contribution is -2.24. The third kappa shape index (κ3) is 1.93. The van der Waals surface area contributed by atoms with Crippen LogP contribution in [0.4, 0.5) is 0 Å². The number of aromatic nitrogens is 3. The summed E-state index contributed by atoms with van der Waals surface area (Å²) in [6.45, 7) is 1.14. The van der Waals surface area contributed by atoms with Gasteiger partial charge >= 0.3 is 0 Å². The summed E-state index contributed by atoms with van der Waals surface area (Å²) in [5, 5.41) is 5.42. The number of fused-ring (bicyclic) bond motifs is 2. The zero-order chi connectivity index (χ0) is 14.4. The fraction of sp³-hybridized carbons (Fsp3) is 0.250. The molecule has 1 unspecified atom stereocenters. The normalized spacial score (nSPS) is 17.9. The van der Waals surface area contributed by atoms with Crippen molar-refractivity contribution in [2.75, 3.05) is 6.61 Å². The molecule has 106 valence electrons. The van der Waals surface area contributed by atoms with Crippen LogP contribution in [-0.2, 0) is 18.4 Å². The molecule has 2 N–H and O–H groups in total. The van der Waals surface area contributed by atoms with E-state index >= 15 is 0 Å². The monoisotopic (exact) mass is 280 g/mol. The number of aryl methyl sites for hydroxylation is 1. The van der Waals surface area contributed by atoms with Crippen LogP contribution in [0.25, 0.3) is 22.0 Å². The average molecular weight is 280 g/mol. The van der Waals surface area contributed by atoms with Gasteiger partial charge in [0.15, 0.2) is 0 Å². The zero-order valence-electron chi connectivity index (χ0n) is 11.8. The number of rotatable bonds is 1. The Balaban J connectivity index is 1.92. The van der Waals surface area contributed by atoms with Crippen LogP contribution in [0.5, 0.6) is 0 Å². The van der Waals surface area contributed by atoms with Gasteiger partial charge in [-0.2, -0.15) is 5.10 Å². The number of pyridine rings is 1. The Morgan fingerprint density at radius 2 is 2.19 bits per heavy atom. The first-order chi connectivity index (χ1) is 10.2. The summed E-state index contributed by atoms with van der Waals surface area (Å²) in [4.78, 5) is 4.36. The quantitative estimate of drug-likeness (QED) is 0.742. The Labute approximate surface area is 122 Å². The van der Waals surface area contributed by atoms with Gasteiger partial charge in [0, 0.05) is 30.4 Å². The van der Waals surface area contributed by atoms with E-state index in [1.165, 1.54) is 0 Å². The lowest BCUT2D eigenvalue weighted by atomic mass is 9.94. The third-order valence-electron chi connectivity index (χ3n) is 4.09. The molecular formula is C16H16N4O. The van der Waals surface area contributed by atoms with Crippen LogP contribution in [-0.4, -0.2) is 21.4 Å². The van der Waals surface area contributed by atoms with Gasteiger partial charge < -0.3 is 10.5 Å². The summed E-state index contributed by atoms with van der Waals surface area (Å²) in [5.41, 5.74) is 11.7. The molecule has 1 aromatic carbocycles. The van der Waals surface area contributed by atoms with Crippen molar-refractivity contribution in [3.05, 3.63) is 47.9 Å². The van der Waals surface area contributed by atoms with Crippen molar-refractivity contribution in [1.82, 2.24) is 14.8 Å². The van der Waals surface area contributed by atoms with Gasteiger partial charge in [-0.1, -0.05) is 12.1 Å². The number of nitrogens with zero attached hydrogens (tertiary/aromatic N) is 3. The molecule has 5 nitrogen and oxygen atoms in total. The summed E-state index contributed by atoms with van der Waals surface area (Å²) >= 11 is 0. The molecule has 21 heavy (non-hydrogen) atoms. The number of hydrogen-bond acceptors (Lipinski definition) is 4. The van der Waals surface area contributed by atoms with Crippen LogP contribution >= 0.6 is 0 Å². The lowest BCUT2D eigenvalue weighted by molar-refractivity contribution is 0.0926. The van der Waals surface area contributed by atoms with Gasteiger partial charge in [-0.05, 0) is 22.8 Å². The van der Waals surface area contributed by atoms with Gasteiger partial charge in [0.25, 0.3) is 0 Å². The van der Waals surface area contributed by atoms with Gasteiger partial charge in [0.05, 0.1) is 31.0 Å². The van der Waals surface area contributed by atoms with Crippen LogP contribution in [0, 0.1) is 0 Å². The molecule has 1 aliphatic heterocycles. The molecule has 2 aromatic heterocycles. The summed E-state index contributed by atoms with van der Waals surface area (Å²) in [5.74, 6) is 0. The summed E-state index contributed by atoms with van der Waals surface area (Å²) in [6, 6.07) is 6.23. The highest BCUT2D eigenvalue weighted by Gasteiger charge is 2.21. The van der Waals surface area contributed by atoms with Crippen LogP contribution in [0.15, 0.2) is 36.8 Å². The Morgan fingerprint density at radius 3 is 3.10 bits per heavy atom. The van der Waals surface area contributed by atoms with E-state index in [0.29, 0.717) is 13.2 Å². The van der Waals surface area contributed by atoms with Gasteiger partial charge in [-0.15, -0.1) is 0 Å². The third-order valence-corrected chi connectivity index (χ3v) is 4.09. The molecule has 0 radical (unpaired) electrons. The fourth-order valence-corrected chi connectivity index (χ4v) is 2.92. The second kappa shape index (κ2) is 4.65. The largest absolute Gasteiger partial charge is 0.375 e. The molecular weight excluding hydrogens is 264 g/mol. The standard InChI is InChI=1S/C16H16N4O/c1-20-16-4-10(2-3-11(16)5-19-20)12-6-18-7-13-14(12)8-21-9-15(13)17/h2-7,15H,8-9,17H2,1H3. The Kier molecular flexibility index (Phi) is 2.77. The molecule has 0 saturated heterocycles. The van der Waals surface area contributed by atoms with Crippen molar-refractivity contribution < 1.29 is 4.74 Å². The van der Waals surface area contributed by atoms with Crippen molar-refractivity contribution in [2.45, 2.75) is 12.6 Å². The van der Waals surface area contributed by atoms with Gasteiger partial charge in [-0.25, -0.2) is 0 Å². The molecule has 0 fully saturated rings. The summed E-state index contributed by atoms with van der Waals surface area (Å²) < 4.78 is 7.48. The Morgan fingerprint density at radius 1 is 1.29 bits per heavy atom. The van der Waals surface area contributed by atoms with Crippen molar-refractivity contribution in [3.8, 4) is 11.1 Å². The van der Waals surface area contributed by atoms with Crippen LogP contribution in [0.3, 0.4) is 0 Å². The van der Waals surface area contributed by atoms with Gasteiger partial charge in [0.2, 0.25) is 0 Å². The highest BCUT2D eigenvalue weighted by atomic mass is 16.5. The highest BCUT2D eigenvalue weighted by Crippen LogP contribution is 2.32. The van der Waals surface area contributed by atoms with E-state index in [1.54, 1.807) is 0 Å². The van der Waals surface area contributed by atoms with Crippen molar-refractivity contribution in [2.24, 2.45) is 12.8 Å². The molecule has 4 rings (SSSR count). The highest BCUT2D eigenvalue weighted by molar-refractivity contribution is 5.85. The molecule has 0 bridgehead atoms. The van der Waals surface area contributed by atoms with E-state index in [0.717, 1.165) is 33.2 Å². The molecule has 1 aliphatic rings. The predicted octanol–water partition coefficient (Wildman–Crippen LogP) is 2.17. The van der Waals surface area contributed by atoms with Crippen LogP contribution in [0.1, 0.15) is 17.2 Å². The first-order valence-electron chi connectivity index (χ1n) is 6.96. The first-order valence-corrected chi connectivity index (χ1v) is 6.96. The minimum atomic E-state index is -0.0957. The molecule has 0 aliphatic carbocycles. The average Bonchev–Trinajstić information content (AvgIpc) is 2.88. The van der Waals surface area contributed by atoms with Crippen molar-refractivity contribution in [3.63, 3.8) is 0 Å². The number of ether oxygens (including phenoxy) is 1. The van der Waals surface area contributed by atoms with E-state index < -0.39 is 0 Å². The van der Waals surface area contributed by atoms with Crippen molar-refractivity contribution in [1.29, 1.82) is 0 Å². The van der Waals surface area contributed by atoms with Gasteiger partial charge in [-0.3, -0.25) is 9.67 Å². The summed E-state index contributed by atoms with van der Waals surface area (Å²) in [6.07, 6.45) is 5.61. The predicted molar refractivity (Wildman–Crippen MR) is 80.5 cm³/mol. The van der Waals surface area contributed by atoms with E-state index in [2.05, 4.69) is 28.3 Å². The molecule has 0 spiro atoms. The van der Waals surface area contributed by atoms with E-state index in [-0.39, 0.29) is 6.04 Å².